The van der Waals surface area contributed by atoms with Crippen LogP contribution in [0.15, 0.2) is 30.0 Å². The van der Waals surface area contributed by atoms with E-state index in [9.17, 15) is 23.6 Å². The fraction of sp³-hybridized carbons (Fsp3) is 0.571. The van der Waals surface area contributed by atoms with Crippen LogP contribution >= 0.6 is 38.1 Å². The number of carbonyl (C=O) groups is 1. The number of anilines is 1. The molecule has 2 saturated heterocycles. The van der Waals surface area contributed by atoms with E-state index in [0.29, 0.717) is 12.8 Å². The fourth-order valence-corrected chi connectivity index (χ4v) is 8.66. The number of aromatic nitrogens is 7. The maximum Gasteiger partial charge on any atom is 0.386 e. The molecule has 0 spiro atoms. The van der Waals surface area contributed by atoms with E-state index in [2.05, 4.69) is 61.3 Å². The van der Waals surface area contributed by atoms with Crippen LogP contribution in [0, 0.1) is 0 Å². The van der Waals surface area contributed by atoms with Gasteiger partial charge in [-0.15, -0.1) is 0 Å². The minimum Gasteiger partial charge on any atom is -0.387 e. The molecule has 24 heteroatoms. The van der Waals surface area contributed by atoms with Gasteiger partial charge >= 0.3 is 13.6 Å². The highest BCUT2D eigenvalue weighted by atomic mass is 32.7. The number of fused-ring (bicyclic) bond motifs is 1. The largest absolute Gasteiger partial charge is 0.387 e. The highest BCUT2D eigenvalue weighted by Gasteiger charge is 2.43. The van der Waals surface area contributed by atoms with Crippen LogP contribution < -0.4 is 16.2 Å². The Balaban J connectivity index is 1.03. The summed E-state index contributed by atoms with van der Waals surface area (Å²) in [6.07, 6.45) is 5.64. The van der Waals surface area contributed by atoms with Crippen molar-refractivity contribution in [1.29, 1.82) is 0 Å². The van der Waals surface area contributed by atoms with E-state index in [1.165, 1.54) is 28.1 Å². The first-order valence-corrected chi connectivity index (χ1v) is 21.9. The minimum atomic E-state index is -4.16. The van der Waals surface area contributed by atoms with Crippen LogP contribution in [0.2, 0.25) is 0 Å². The molecule has 3 aliphatic rings. The van der Waals surface area contributed by atoms with Crippen LogP contribution in [0.3, 0.4) is 0 Å². The van der Waals surface area contributed by atoms with Crippen LogP contribution in [-0.4, -0.2) is 101 Å². The standard InChI is InChI=1S/C28H37N9O11P2S2/c38-10-20(39)29-6-7-35-14-34-26-23(27(35)40)33-15-37(26)28-19(8-18(47-28)12-44-49(41,42)51)48-50(43,52)45-11-17-3-4-21(46-17)36-9-16-2-1-5-30-24-22(16)25(36)32-13-31-24/h9,13-15,17-19,21,28,38H,1-8,10-12H2,(H,29,39)(H,43,52)(H,30,31,32)(H2,41,42,51)/t17-,18-,19+,21+,28+,50?/m0/s1. The molecule has 7 rings (SSSR count). The van der Waals surface area contributed by atoms with Crippen molar-refractivity contribution in [3.05, 3.63) is 41.1 Å². The summed E-state index contributed by atoms with van der Waals surface area (Å²) in [5, 5.41) is 15.7. The maximum absolute atomic E-state index is 13.7. The number of imidazole rings is 1. The summed E-state index contributed by atoms with van der Waals surface area (Å²) in [5.41, 5.74) is 1.50. The first-order chi connectivity index (χ1) is 24.9. The molecular formula is C28H37N9O11P2S2. The van der Waals surface area contributed by atoms with E-state index in [1.807, 2.05) is 4.57 Å². The number of hydrogen-bond acceptors (Lipinski definition) is 15. The predicted molar refractivity (Wildman–Crippen MR) is 190 cm³/mol. The second-order valence-corrected chi connectivity index (χ2v) is 18.1. The molecule has 0 radical (unpaired) electrons. The van der Waals surface area contributed by atoms with Gasteiger partial charge in [0, 0.05) is 32.3 Å². The molecule has 0 aliphatic carbocycles. The lowest BCUT2D eigenvalue weighted by Gasteiger charge is -2.24. The molecule has 20 nitrogen and oxygen atoms in total. The van der Waals surface area contributed by atoms with Crippen LogP contribution in [0.1, 0.15) is 43.7 Å². The molecule has 2 fully saturated rings. The lowest BCUT2D eigenvalue weighted by Crippen LogP contribution is -2.32. The number of aryl methyl sites for hydroxylation is 1. The minimum absolute atomic E-state index is 0.0230. The number of carbonyl (C=O) groups excluding carboxylic acids is 1. The van der Waals surface area contributed by atoms with E-state index < -0.39 is 56.2 Å². The highest BCUT2D eigenvalue weighted by Crippen LogP contribution is 2.57. The van der Waals surface area contributed by atoms with Crippen molar-refractivity contribution in [2.24, 2.45) is 0 Å². The summed E-state index contributed by atoms with van der Waals surface area (Å²) >= 11 is 7.80. The Morgan fingerprint density at radius 1 is 1.06 bits per heavy atom. The summed E-state index contributed by atoms with van der Waals surface area (Å²) in [5.74, 6) is 0.215. The first-order valence-electron chi connectivity index (χ1n) is 16.4. The third-order valence-electron chi connectivity index (χ3n) is 8.91. The van der Waals surface area contributed by atoms with Gasteiger partial charge in [-0.25, -0.2) is 29.1 Å². The molecule has 4 aromatic heterocycles. The molecule has 282 valence electrons. The van der Waals surface area contributed by atoms with Crippen molar-refractivity contribution in [2.45, 2.75) is 69.4 Å². The lowest BCUT2D eigenvalue weighted by molar-refractivity contribution is -0.123. The van der Waals surface area contributed by atoms with Crippen LogP contribution in [0.5, 0.6) is 0 Å². The van der Waals surface area contributed by atoms with E-state index in [4.69, 9.17) is 28.2 Å². The van der Waals surface area contributed by atoms with Crippen molar-refractivity contribution in [2.75, 3.05) is 38.2 Å². The summed E-state index contributed by atoms with van der Waals surface area (Å²) < 4.78 is 59.0. The van der Waals surface area contributed by atoms with Gasteiger partial charge in [0.25, 0.3) is 5.56 Å². The molecule has 0 aromatic carbocycles. The fourth-order valence-electron chi connectivity index (χ4n) is 6.59. The number of aliphatic hydroxyl groups excluding tert-OH is 1. The van der Waals surface area contributed by atoms with Crippen molar-refractivity contribution in [1.82, 2.24) is 39.0 Å². The molecule has 3 aliphatic heterocycles. The van der Waals surface area contributed by atoms with Gasteiger partial charge in [-0.3, -0.25) is 32.3 Å². The third kappa shape index (κ3) is 8.27. The average Bonchev–Trinajstić information content (AvgIpc) is 3.88. The smallest absolute Gasteiger partial charge is 0.386 e. The monoisotopic (exact) mass is 801 g/mol. The molecule has 52 heavy (non-hydrogen) atoms. The van der Waals surface area contributed by atoms with E-state index >= 15 is 0 Å². The molecule has 4 aromatic rings. The Labute approximate surface area is 305 Å². The number of hydrogen-bond donors (Lipinski definition) is 6. The topological polar surface area (TPSA) is 245 Å². The van der Waals surface area contributed by atoms with Gasteiger partial charge in [0.05, 0.1) is 37.1 Å². The first kappa shape index (κ1) is 37.4. The Hall–Kier alpha value is -2.88. The van der Waals surface area contributed by atoms with Gasteiger partial charge in [-0.05, 0) is 31.2 Å². The zero-order valence-corrected chi connectivity index (χ0v) is 31.0. The van der Waals surface area contributed by atoms with Crippen molar-refractivity contribution in [3.63, 3.8) is 0 Å². The SMILES string of the molecule is O=C(CO)NCCn1cnc2c(ncn2[C@@H]2O[C@H](COP(=O)(O)S)C[C@H]2OP(=O)(S)OC[C@@H]2CC[C@H](n3cc4c5c(ncnc53)NCCC4)O2)c1=O. The highest BCUT2D eigenvalue weighted by molar-refractivity contribution is 8.44. The third-order valence-corrected chi connectivity index (χ3v) is 11.4. The molecule has 2 unspecified atom stereocenters. The maximum atomic E-state index is 13.7. The van der Waals surface area contributed by atoms with Gasteiger partial charge in [-0.2, -0.15) is 0 Å². The molecule has 1 amide bonds. The predicted octanol–water partition coefficient (Wildman–Crippen LogP) is 1.96. The number of nitrogens with one attached hydrogen (secondary N) is 2. The second-order valence-electron chi connectivity index (χ2n) is 12.5. The zero-order valence-electron chi connectivity index (χ0n) is 27.5. The van der Waals surface area contributed by atoms with Crippen LogP contribution in [0.4, 0.5) is 5.82 Å². The molecule has 7 atom stereocenters. The number of nitrogens with zero attached hydrogens (tertiary/aromatic N) is 7. The molecule has 4 N–H and O–H groups in total. The number of aliphatic hydroxyl groups is 1. The van der Waals surface area contributed by atoms with Crippen LogP contribution in [-0.2, 0) is 49.9 Å². The molecule has 7 heterocycles. The van der Waals surface area contributed by atoms with Gasteiger partial charge in [0.15, 0.2) is 17.4 Å². The molecular weight excluding hydrogens is 764 g/mol. The average molecular weight is 802 g/mol. The molecule has 0 saturated carbocycles. The van der Waals surface area contributed by atoms with E-state index in [1.54, 1.807) is 0 Å². The summed E-state index contributed by atoms with van der Waals surface area (Å²) in [6.45, 7) is -8.39. The van der Waals surface area contributed by atoms with Gasteiger partial charge in [0.2, 0.25) is 5.91 Å². The number of amides is 1. The Kier molecular flexibility index (Phi) is 11.1. The summed E-state index contributed by atoms with van der Waals surface area (Å²) in [4.78, 5) is 51.6. The Morgan fingerprint density at radius 2 is 1.88 bits per heavy atom. The van der Waals surface area contributed by atoms with Crippen molar-refractivity contribution >= 4 is 72.0 Å². The quantitative estimate of drug-likeness (QED) is 0.0788. The number of thiol groups is 2. The summed E-state index contributed by atoms with van der Waals surface area (Å²) in [6, 6.07) is 0. The summed E-state index contributed by atoms with van der Waals surface area (Å²) in [7, 11) is 0. The van der Waals surface area contributed by atoms with Crippen molar-refractivity contribution < 1.29 is 47.0 Å². The van der Waals surface area contributed by atoms with Gasteiger partial charge < -0.3 is 34.7 Å². The normalized spacial score (nSPS) is 25.5. The zero-order chi connectivity index (χ0) is 36.6. The van der Waals surface area contributed by atoms with E-state index in [-0.39, 0.29) is 50.1 Å². The number of rotatable bonds is 14. The second kappa shape index (κ2) is 15.5. The Morgan fingerprint density at radius 3 is 2.69 bits per heavy atom. The van der Waals surface area contributed by atoms with E-state index in [0.717, 1.165) is 41.8 Å². The van der Waals surface area contributed by atoms with Gasteiger partial charge in [-0.1, -0.05) is 24.5 Å². The lowest BCUT2D eigenvalue weighted by atomic mass is 10.1. The van der Waals surface area contributed by atoms with Gasteiger partial charge in [0.1, 0.15) is 43.1 Å². The number of ether oxygens (including phenoxy) is 2. The Bertz CT molecular complexity index is 2110. The molecule has 0 bridgehead atoms. The van der Waals surface area contributed by atoms with Crippen molar-refractivity contribution in [3.8, 4) is 0 Å². The van der Waals surface area contributed by atoms with Crippen LogP contribution in [0.25, 0.3) is 22.2 Å².